The minimum atomic E-state index is 0. The summed E-state index contributed by atoms with van der Waals surface area (Å²) in [7, 11) is 0. The molecule has 30 heavy (non-hydrogen) atoms. The van der Waals surface area contributed by atoms with Crippen LogP contribution in [0.25, 0.3) is 0 Å². The molecule has 2 nitrogen and oxygen atoms in total. The molecular weight excluding hydrogens is 411 g/mol. The van der Waals surface area contributed by atoms with Gasteiger partial charge in [-0.1, -0.05) is 37.1 Å². The molecule has 0 heterocycles. The maximum Gasteiger partial charge on any atom is 3.00 e. The molecule has 0 N–H and O–H groups in total. The number of nitrogens with zero attached hydrogens (tertiary/aromatic N) is 2. The molecule has 0 fully saturated rings. The molecule has 3 aromatic rings. The summed E-state index contributed by atoms with van der Waals surface area (Å²) in [4.78, 5) is 9.39. The Bertz CT molecular complexity index is 992. The predicted octanol–water partition coefficient (Wildman–Crippen LogP) is 7.23. The maximum atomic E-state index is 4.69. The average Bonchev–Trinajstić information content (AvgIpc) is 2.65. The van der Waals surface area contributed by atoms with Gasteiger partial charge in [0.05, 0.1) is 11.4 Å². The largest absolute Gasteiger partial charge is 3.00 e. The molecule has 0 aliphatic heterocycles. The van der Waals surface area contributed by atoms with Gasteiger partial charge in [-0.15, -0.1) is 35.4 Å². The van der Waals surface area contributed by atoms with Gasteiger partial charge in [0.1, 0.15) is 0 Å². The zero-order chi connectivity index (χ0) is 20.3. The third-order valence-electron chi connectivity index (χ3n) is 4.87. The monoisotopic (exact) mass is 440 g/mol. The van der Waals surface area contributed by atoms with Gasteiger partial charge in [0.15, 0.2) is 0 Å². The van der Waals surface area contributed by atoms with Crippen molar-refractivity contribution in [1.82, 2.24) is 0 Å². The van der Waals surface area contributed by atoms with Crippen LogP contribution >= 0.6 is 0 Å². The molecule has 0 saturated heterocycles. The van der Waals surface area contributed by atoms with E-state index in [9.17, 15) is 0 Å². The van der Waals surface area contributed by atoms with E-state index in [-0.39, 0.29) is 24.2 Å². The summed E-state index contributed by atoms with van der Waals surface area (Å²) >= 11 is 0. The van der Waals surface area contributed by atoms with Crippen LogP contribution in [-0.4, -0.2) is 12.4 Å². The Morgan fingerprint density at radius 3 is 1.40 bits per heavy atom. The number of para-hydroxylation sites is 2. The van der Waals surface area contributed by atoms with Crippen molar-refractivity contribution in [2.75, 3.05) is 0 Å². The number of aliphatic imine (C=N–C) groups is 2. The number of aryl methyl sites for hydroxylation is 4. The second-order valence-electron chi connectivity index (χ2n) is 7.30. The second kappa shape index (κ2) is 10.9. The van der Waals surface area contributed by atoms with Crippen LogP contribution in [0.4, 0.5) is 11.4 Å². The summed E-state index contributed by atoms with van der Waals surface area (Å²) in [5.74, 6) is 0. The van der Waals surface area contributed by atoms with Crippen LogP contribution in [0, 0.1) is 49.0 Å². The molecule has 0 spiro atoms. The van der Waals surface area contributed by atoms with Gasteiger partial charge in [0, 0.05) is 0 Å². The fourth-order valence-electron chi connectivity index (χ4n) is 3.25. The van der Waals surface area contributed by atoms with Crippen molar-refractivity contribution in [2.24, 2.45) is 9.98 Å². The van der Waals surface area contributed by atoms with Crippen LogP contribution in [-0.2, 0) is 16.8 Å². The first kappa shape index (κ1) is 25.3. The number of hydrogen-bond acceptors (Lipinski definition) is 2. The fraction of sp³-hybridized carbons (Fsp3) is 0.148. The van der Waals surface area contributed by atoms with Gasteiger partial charge in [0.2, 0.25) is 0 Å². The van der Waals surface area contributed by atoms with Crippen LogP contribution in [0.5, 0.6) is 0 Å². The van der Waals surface area contributed by atoms with E-state index in [2.05, 4.69) is 65.8 Å². The molecule has 156 valence electrons. The molecule has 0 amide bonds. The van der Waals surface area contributed by atoms with Crippen molar-refractivity contribution in [2.45, 2.75) is 27.7 Å². The molecule has 3 aromatic carbocycles. The third-order valence-corrected chi connectivity index (χ3v) is 4.87. The van der Waals surface area contributed by atoms with Crippen molar-refractivity contribution >= 4 is 23.8 Å². The molecule has 0 aromatic heterocycles. The Morgan fingerprint density at radius 2 is 1.03 bits per heavy atom. The maximum absolute atomic E-state index is 4.69. The summed E-state index contributed by atoms with van der Waals surface area (Å²) in [6.45, 7) is 16.7. The van der Waals surface area contributed by atoms with Crippen molar-refractivity contribution in [3.05, 3.63) is 114 Å². The average molecular weight is 440 g/mol. The van der Waals surface area contributed by atoms with E-state index in [1.54, 1.807) is 0 Å². The SMILES string of the molecule is [CH2-]c1c(C)cc(C)cc1C=Nc1ccccc1N=Cc1cc(C)cc(C)c1[CH2-].[CH3-].[Co+3]. The first-order chi connectivity index (χ1) is 13.3. The minimum absolute atomic E-state index is 0. The zero-order valence-electron chi connectivity index (χ0n) is 18.4. The Labute approximate surface area is 192 Å². The molecule has 0 atom stereocenters. The quantitative estimate of drug-likeness (QED) is 0.302. The summed E-state index contributed by atoms with van der Waals surface area (Å²) in [6, 6.07) is 16.4. The first-order valence-electron chi connectivity index (χ1n) is 9.38. The summed E-state index contributed by atoms with van der Waals surface area (Å²) in [5.41, 5.74) is 10.5. The number of hydrogen-bond donors (Lipinski definition) is 0. The molecule has 0 aliphatic carbocycles. The fourth-order valence-corrected chi connectivity index (χ4v) is 3.25. The first-order valence-corrected chi connectivity index (χ1v) is 9.38. The summed E-state index contributed by atoms with van der Waals surface area (Å²) in [5, 5.41) is 0. The zero-order valence-corrected chi connectivity index (χ0v) is 19.5. The minimum Gasteiger partial charge on any atom is -0.358 e. The van der Waals surface area contributed by atoms with E-state index in [1.165, 1.54) is 22.3 Å². The van der Waals surface area contributed by atoms with E-state index < -0.39 is 0 Å². The van der Waals surface area contributed by atoms with Crippen LogP contribution in [0.1, 0.15) is 44.5 Å². The number of rotatable bonds is 4. The van der Waals surface area contributed by atoms with Gasteiger partial charge < -0.3 is 7.43 Å². The number of benzene rings is 3. The van der Waals surface area contributed by atoms with Crippen LogP contribution < -0.4 is 0 Å². The molecule has 0 aliphatic rings. The molecule has 3 heteroatoms. The normalized spacial score (nSPS) is 10.8. The van der Waals surface area contributed by atoms with E-state index in [1.807, 2.05) is 36.7 Å². The van der Waals surface area contributed by atoms with Crippen LogP contribution in [0.2, 0.25) is 0 Å². The van der Waals surface area contributed by atoms with Gasteiger partial charge >= 0.3 is 16.8 Å². The molecule has 3 rings (SSSR count). The standard InChI is InChI=1S/C26H26N2.CH3.Co/c1-17-11-19(3)21(5)23(13-17)15-27-25-9-7-8-10-26(25)28-16-24-14-18(2)12-20(4)22(24)6;;/h7-16H,5-6H2,1-4H3;1H3;/q-2;-1;+3. The molecule has 0 radical (unpaired) electrons. The Morgan fingerprint density at radius 1 is 0.667 bits per heavy atom. The van der Waals surface area contributed by atoms with Crippen LogP contribution in [0.15, 0.2) is 58.5 Å². The second-order valence-corrected chi connectivity index (χ2v) is 7.30. The molecule has 0 unspecified atom stereocenters. The van der Waals surface area contributed by atoms with E-state index in [0.717, 1.165) is 33.6 Å². The third kappa shape index (κ3) is 5.88. The van der Waals surface area contributed by atoms with E-state index in [4.69, 9.17) is 9.98 Å². The molecule has 0 bridgehead atoms. The Kier molecular flexibility index (Phi) is 9.15. The van der Waals surface area contributed by atoms with E-state index >= 15 is 0 Å². The van der Waals surface area contributed by atoms with Gasteiger partial charge in [-0.3, -0.25) is 9.98 Å². The van der Waals surface area contributed by atoms with Crippen molar-refractivity contribution in [3.8, 4) is 0 Å². The summed E-state index contributed by atoms with van der Waals surface area (Å²) in [6.07, 6.45) is 3.75. The summed E-state index contributed by atoms with van der Waals surface area (Å²) < 4.78 is 0. The van der Waals surface area contributed by atoms with Gasteiger partial charge in [-0.05, 0) is 38.4 Å². The van der Waals surface area contributed by atoms with Crippen molar-refractivity contribution in [3.63, 3.8) is 0 Å². The van der Waals surface area contributed by atoms with Crippen molar-refractivity contribution < 1.29 is 16.8 Å². The van der Waals surface area contributed by atoms with Gasteiger partial charge in [-0.2, -0.15) is 36.1 Å². The van der Waals surface area contributed by atoms with E-state index in [0.29, 0.717) is 0 Å². The topological polar surface area (TPSA) is 24.7 Å². The molecular formula is C27H29CoN2. The Hall–Kier alpha value is -2.75. The van der Waals surface area contributed by atoms with Crippen LogP contribution in [0.3, 0.4) is 0 Å². The Balaban J connectivity index is 0.00000225. The predicted molar refractivity (Wildman–Crippen MR) is 128 cm³/mol. The smallest absolute Gasteiger partial charge is 0.358 e. The molecule has 0 saturated carbocycles. The van der Waals surface area contributed by atoms with Crippen molar-refractivity contribution in [1.29, 1.82) is 0 Å². The van der Waals surface area contributed by atoms with Gasteiger partial charge in [-0.25, -0.2) is 0 Å². The van der Waals surface area contributed by atoms with Gasteiger partial charge in [0.25, 0.3) is 0 Å².